The fourth-order valence-corrected chi connectivity index (χ4v) is 2.28. The highest BCUT2D eigenvalue weighted by molar-refractivity contribution is 6.33. The molecule has 1 rings (SSSR count). The second-order valence-corrected chi connectivity index (χ2v) is 5.23. The van der Waals surface area contributed by atoms with Gasteiger partial charge in [0.05, 0.1) is 11.2 Å². The zero-order chi connectivity index (χ0) is 13.0. The van der Waals surface area contributed by atoms with Crippen LogP contribution in [0, 0.1) is 11.8 Å². The van der Waals surface area contributed by atoms with Crippen LogP contribution in [0.2, 0.25) is 5.02 Å². The quantitative estimate of drug-likeness (QED) is 0.796. The van der Waals surface area contributed by atoms with Crippen molar-refractivity contribution >= 4 is 17.4 Å². The Hall–Kier alpha value is -0.870. The predicted molar refractivity (Wildman–Crippen MR) is 69.2 cm³/mol. The number of hydrogen-bond donors (Lipinski definition) is 1. The van der Waals surface area contributed by atoms with E-state index in [1.54, 1.807) is 7.05 Å². The van der Waals surface area contributed by atoms with Crippen LogP contribution in [0.5, 0.6) is 0 Å². The second-order valence-electron chi connectivity index (χ2n) is 4.82. The zero-order valence-electron chi connectivity index (χ0n) is 10.6. The van der Waals surface area contributed by atoms with Gasteiger partial charge in [-0.3, -0.25) is 9.48 Å². The summed E-state index contributed by atoms with van der Waals surface area (Å²) in [7, 11) is 1.72. The number of aryl methyl sites for hydroxylation is 1. The van der Waals surface area contributed by atoms with Gasteiger partial charge in [0.1, 0.15) is 5.69 Å². The van der Waals surface area contributed by atoms with E-state index in [1.165, 1.54) is 10.9 Å². The Labute approximate surface area is 107 Å². The van der Waals surface area contributed by atoms with Crippen LogP contribution in [0.1, 0.15) is 37.2 Å². The summed E-state index contributed by atoms with van der Waals surface area (Å²) in [5.74, 6) is 0.776. The largest absolute Gasteiger partial charge is 0.330 e. The molecule has 0 aliphatic rings. The predicted octanol–water partition coefficient (Wildman–Crippen LogP) is 2.27. The van der Waals surface area contributed by atoms with Crippen LogP contribution >= 0.6 is 11.6 Å². The Morgan fingerprint density at radius 3 is 2.65 bits per heavy atom. The van der Waals surface area contributed by atoms with Gasteiger partial charge in [-0.05, 0) is 24.8 Å². The van der Waals surface area contributed by atoms with E-state index in [2.05, 4.69) is 18.9 Å². The second kappa shape index (κ2) is 6.17. The number of nitrogens with zero attached hydrogens (tertiary/aromatic N) is 2. The maximum atomic E-state index is 12.1. The van der Waals surface area contributed by atoms with Crippen molar-refractivity contribution < 1.29 is 4.79 Å². The normalized spacial score (nSPS) is 13.1. The van der Waals surface area contributed by atoms with Crippen LogP contribution in [0.15, 0.2) is 6.20 Å². The third-order valence-electron chi connectivity index (χ3n) is 2.77. The smallest absolute Gasteiger partial charge is 0.182 e. The summed E-state index contributed by atoms with van der Waals surface area (Å²) in [5.41, 5.74) is 6.17. The van der Waals surface area contributed by atoms with Gasteiger partial charge in [0, 0.05) is 13.5 Å². The molecule has 96 valence electrons. The molecule has 1 heterocycles. The first-order valence-electron chi connectivity index (χ1n) is 5.86. The van der Waals surface area contributed by atoms with Gasteiger partial charge >= 0.3 is 0 Å². The highest BCUT2D eigenvalue weighted by atomic mass is 35.5. The topological polar surface area (TPSA) is 60.9 Å². The molecule has 4 nitrogen and oxygen atoms in total. The number of halogens is 1. The van der Waals surface area contributed by atoms with E-state index in [1.807, 2.05) is 0 Å². The average molecular weight is 258 g/mol. The van der Waals surface area contributed by atoms with Gasteiger partial charge in [-0.1, -0.05) is 25.4 Å². The van der Waals surface area contributed by atoms with E-state index in [0.29, 0.717) is 29.6 Å². The molecule has 0 radical (unpaired) electrons. The summed E-state index contributed by atoms with van der Waals surface area (Å²) in [4.78, 5) is 12.1. The first-order chi connectivity index (χ1) is 7.95. The van der Waals surface area contributed by atoms with Gasteiger partial charge in [0.25, 0.3) is 0 Å². The number of Topliss-reactive ketones (excluding diaryl/α,β-unsaturated/α-hetero) is 1. The molecular formula is C12H20ClN3O. The van der Waals surface area contributed by atoms with Crippen molar-refractivity contribution in [3.05, 3.63) is 16.9 Å². The van der Waals surface area contributed by atoms with E-state index in [4.69, 9.17) is 17.3 Å². The molecule has 0 aromatic carbocycles. The number of hydrogen-bond acceptors (Lipinski definition) is 3. The molecule has 17 heavy (non-hydrogen) atoms. The minimum atomic E-state index is 0.0195. The Kier molecular flexibility index (Phi) is 5.15. The summed E-state index contributed by atoms with van der Waals surface area (Å²) in [5, 5.41) is 4.38. The van der Waals surface area contributed by atoms with Crippen LogP contribution in [-0.2, 0) is 7.05 Å². The lowest BCUT2D eigenvalue weighted by Gasteiger charge is -2.16. The minimum absolute atomic E-state index is 0.0195. The molecule has 1 unspecified atom stereocenters. The Bertz CT molecular complexity index is 368. The van der Waals surface area contributed by atoms with Crippen LogP contribution in [-0.4, -0.2) is 22.1 Å². The molecule has 0 saturated carbocycles. The van der Waals surface area contributed by atoms with Crippen molar-refractivity contribution in [1.29, 1.82) is 0 Å². The molecule has 0 aliphatic carbocycles. The van der Waals surface area contributed by atoms with Gasteiger partial charge in [0.2, 0.25) is 0 Å². The van der Waals surface area contributed by atoms with Crippen molar-refractivity contribution in [2.75, 3.05) is 6.54 Å². The lowest BCUT2D eigenvalue weighted by Crippen LogP contribution is -2.21. The first kappa shape index (κ1) is 14.2. The lowest BCUT2D eigenvalue weighted by molar-refractivity contribution is 0.0948. The Balaban J connectivity index is 2.71. The molecule has 5 heteroatoms. The first-order valence-corrected chi connectivity index (χ1v) is 6.24. The van der Waals surface area contributed by atoms with Crippen LogP contribution in [0.25, 0.3) is 0 Å². The van der Waals surface area contributed by atoms with E-state index in [-0.39, 0.29) is 11.7 Å². The monoisotopic (exact) mass is 257 g/mol. The standard InChI is InChI=1S/C12H20ClN3O/c1-8(2)4-9(6-14)5-11(17)12-10(13)7-15-16(12)3/h7-9H,4-6,14H2,1-3H3. The molecular weight excluding hydrogens is 238 g/mol. The van der Waals surface area contributed by atoms with Crippen LogP contribution in [0.3, 0.4) is 0 Å². The molecule has 1 aromatic rings. The van der Waals surface area contributed by atoms with Gasteiger partial charge < -0.3 is 5.73 Å². The molecule has 0 bridgehead atoms. The fourth-order valence-electron chi connectivity index (χ4n) is 2.01. The molecule has 0 saturated heterocycles. The van der Waals surface area contributed by atoms with Crippen molar-refractivity contribution in [3.63, 3.8) is 0 Å². The highest BCUT2D eigenvalue weighted by Crippen LogP contribution is 2.21. The van der Waals surface area contributed by atoms with Gasteiger partial charge in [-0.2, -0.15) is 5.10 Å². The SMILES string of the molecule is CC(C)CC(CN)CC(=O)c1c(Cl)cnn1C. The molecule has 1 aromatic heterocycles. The van der Waals surface area contributed by atoms with Gasteiger partial charge in [-0.15, -0.1) is 0 Å². The maximum Gasteiger partial charge on any atom is 0.182 e. The van der Waals surface area contributed by atoms with E-state index >= 15 is 0 Å². The molecule has 2 N–H and O–H groups in total. The Morgan fingerprint density at radius 1 is 1.59 bits per heavy atom. The van der Waals surface area contributed by atoms with Crippen molar-refractivity contribution in [3.8, 4) is 0 Å². The third-order valence-corrected chi connectivity index (χ3v) is 3.05. The summed E-state index contributed by atoms with van der Waals surface area (Å²) in [6.07, 6.45) is 2.89. The van der Waals surface area contributed by atoms with Crippen LogP contribution < -0.4 is 5.73 Å². The number of ketones is 1. The number of carbonyl (C=O) groups excluding carboxylic acids is 1. The Morgan fingerprint density at radius 2 is 2.24 bits per heavy atom. The number of nitrogens with two attached hydrogens (primary N) is 1. The van der Waals surface area contributed by atoms with Crippen LogP contribution in [0.4, 0.5) is 0 Å². The third kappa shape index (κ3) is 3.82. The fraction of sp³-hybridized carbons (Fsp3) is 0.667. The minimum Gasteiger partial charge on any atom is -0.330 e. The summed E-state index contributed by atoms with van der Waals surface area (Å²) in [6.45, 7) is 4.79. The molecule has 0 aliphatic heterocycles. The van der Waals surface area contributed by atoms with Gasteiger partial charge in [0.15, 0.2) is 5.78 Å². The number of rotatable bonds is 6. The summed E-state index contributed by atoms with van der Waals surface area (Å²) >= 11 is 5.94. The summed E-state index contributed by atoms with van der Waals surface area (Å²) < 4.78 is 1.52. The van der Waals surface area contributed by atoms with E-state index < -0.39 is 0 Å². The lowest BCUT2D eigenvalue weighted by atomic mass is 9.92. The maximum absolute atomic E-state index is 12.1. The van der Waals surface area contributed by atoms with Gasteiger partial charge in [-0.25, -0.2) is 0 Å². The van der Waals surface area contributed by atoms with E-state index in [9.17, 15) is 4.79 Å². The molecule has 0 fully saturated rings. The van der Waals surface area contributed by atoms with Crippen molar-refractivity contribution in [1.82, 2.24) is 9.78 Å². The molecule has 0 amide bonds. The molecule has 1 atom stereocenters. The summed E-state index contributed by atoms with van der Waals surface area (Å²) in [6, 6.07) is 0. The zero-order valence-corrected chi connectivity index (χ0v) is 11.4. The highest BCUT2D eigenvalue weighted by Gasteiger charge is 2.20. The number of carbonyl (C=O) groups is 1. The molecule has 0 spiro atoms. The number of aromatic nitrogens is 2. The van der Waals surface area contributed by atoms with Crippen molar-refractivity contribution in [2.45, 2.75) is 26.7 Å². The average Bonchev–Trinajstić information content (AvgIpc) is 2.56. The van der Waals surface area contributed by atoms with Crippen molar-refractivity contribution in [2.24, 2.45) is 24.6 Å². The van der Waals surface area contributed by atoms with E-state index in [0.717, 1.165) is 6.42 Å².